The average Bonchev–Trinajstić information content (AvgIpc) is 2.88. The minimum absolute atomic E-state index is 0.101. The van der Waals surface area contributed by atoms with Crippen molar-refractivity contribution in [2.45, 2.75) is 13.0 Å². The monoisotopic (exact) mass is 254 g/mol. The number of nitro groups is 1. The predicted octanol–water partition coefficient (Wildman–Crippen LogP) is -0.821. The third-order valence-electron chi connectivity index (χ3n) is 2.84. The summed E-state index contributed by atoms with van der Waals surface area (Å²) in [7, 11) is 0. The topological polar surface area (TPSA) is 106 Å². The van der Waals surface area contributed by atoms with Crippen molar-refractivity contribution in [3.8, 4) is 0 Å². The first-order chi connectivity index (χ1) is 8.59. The molecule has 98 valence electrons. The molecule has 1 aliphatic heterocycles. The molecule has 1 aromatic rings. The van der Waals surface area contributed by atoms with E-state index in [1.807, 2.05) is 0 Å². The second kappa shape index (κ2) is 5.08. The Morgan fingerprint density at radius 2 is 2.22 bits per heavy atom. The van der Waals surface area contributed by atoms with Crippen molar-refractivity contribution in [3.63, 3.8) is 0 Å². The van der Waals surface area contributed by atoms with Gasteiger partial charge in [0.05, 0.1) is 0 Å². The van der Waals surface area contributed by atoms with Crippen molar-refractivity contribution in [3.05, 3.63) is 16.4 Å². The summed E-state index contributed by atoms with van der Waals surface area (Å²) in [6.07, 6.45) is 1.21. The molecule has 0 saturated carbocycles. The quantitative estimate of drug-likeness (QED) is 0.558. The Labute approximate surface area is 103 Å². The van der Waals surface area contributed by atoms with Crippen LogP contribution in [0.2, 0.25) is 0 Å². The Hall–Kier alpha value is -2.03. The molecule has 1 aromatic heterocycles. The molecule has 18 heavy (non-hydrogen) atoms. The van der Waals surface area contributed by atoms with Gasteiger partial charge in [-0.1, -0.05) is 4.98 Å². The van der Waals surface area contributed by atoms with Crippen LogP contribution in [0.1, 0.15) is 13.0 Å². The highest BCUT2D eigenvalue weighted by atomic mass is 16.6. The number of hydrogen-bond donors (Lipinski definition) is 1. The van der Waals surface area contributed by atoms with Gasteiger partial charge < -0.3 is 20.3 Å². The van der Waals surface area contributed by atoms with E-state index in [4.69, 9.17) is 0 Å². The predicted molar refractivity (Wildman–Crippen MR) is 60.8 cm³/mol. The zero-order valence-electron chi connectivity index (χ0n) is 9.94. The van der Waals surface area contributed by atoms with Gasteiger partial charge in [-0.2, -0.15) is 4.68 Å². The van der Waals surface area contributed by atoms with Gasteiger partial charge in [-0.25, -0.2) is 0 Å². The van der Waals surface area contributed by atoms with Crippen LogP contribution in [0.4, 0.5) is 5.95 Å². The van der Waals surface area contributed by atoms with Gasteiger partial charge in [-0.15, -0.1) is 0 Å². The van der Waals surface area contributed by atoms with Crippen molar-refractivity contribution in [2.24, 2.45) is 0 Å². The summed E-state index contributed by atoms with van der Waals surface area (Å²) in [5.41, 5.74) is 0. The van der Waals surface area contributed by atoms with Crippen LogP contribution < -0.4 is 5.32 Å². The smallest absolute Gasteiger partial charge is 0.390 e. The van der Waals surface area contributed by atoms with Crippen LogP contribution in [0.3, 0.4) is 0 Å². The van der Waals surface area contributed by atoms with E-state index < -0.39 is 16.9 Å². The minimum atomic E-state index is -0.682. The minimum Gasteiger partial charge on any atom is -0.390 e. The molecule has 1 unspecified atom stereocenters. The van der Waals surface area contributed by atoms with Crippen LogP contribution in [0.15, 0.2) is 6.33 Å². The van der Waals surface area contributed by atoms with E-state index >= 15 is 0 Å². The van der Waals surface area contributed by atoms with Gasteiger partial charge in [0.2, 0.25) is 12.2 Å². The third-order valence-corrected chi connectivity index (χ3v) is 2.84. The summed E-state index contributed by atoms with van der Waals surface area (Å²) in [6.45, 7) is 4.45. The maximum atomic E-state index is 12.1. The van der Waals surface area contributed by atoms with E-state index in [1.54, 1.807) is 11.8 Å². The lowest BCUT2D eigenvalue weighted by molar-refractivity contribution is -0.394. The second-order valence-corrected chi connectivity index (χ2v) is 4.03. The molecule has 9 nitrogen and oxygen atoms in total. The second-order valence-electron chi connectivity index (χ2n) is 4.03. The van der Waals surface area contributed by atoms with Crippen LogP contribution in [0.25, 0.3) is 0 Å². The van der Waals surface area contributed by atoms with Crippen molar-refractivity contribution in [2.75, 3.05) is 26.2 Å². The van der Waals surface area contributed by atoms with Gasteiger partial charge in [-0.3, -0.25) is 4.79 Å². The van der Waals surface area contributed by atoms with Gasteiger partial charge in [0.25, 0.3) is 0 Å². The molecule has 0 spiro atoms. The maximum Gasteiger partial charge on any atom is 0.490 e. The number of aromatic nitrogens is 3. The zero-order chi connectivity index (χ0) is 13.1. The maximum absolute atomic E-state index is 12.1. The number of carbonyl (C=O) groups is 1. The Morgan fingerprint density at radius 3 is 2.78 bits per heavy atom. The van der Waals surface area contributed by atoms with Gasteiger partial charge in [0.1, 0.15) is 6.04 Å². The molecule has 9 heteroatoms. The molecule has 2 heterocycles. The lowest BCUT2D eigenvalue weighted by Crippen LogP contribution is -2.48. The normalized spacial score (nSPS) is 17.5. The van der Waals surface area contributed by atoms with E-state index in [2.05, 4.69) is 15.4 Å². The SMILES string of the molecule is CC(C(=O)N1CCNCC1)n1cnc([N+](=O)[O-])n1. The summed E-state index contributed by atoms with van der Waals surface area (Å²) in [4.78, 5) is 27.2. The van der Waals surface area contributed by atoms with Crippen molar-refractivity contribution in [1.29, 1.82) is 0 Å². The van der Waals surface area contributed by atoms with E-state index in [0.29, 0.717) is 13.1 Å². The molecule has 1 amide bonds. The van der Waals surface area contributed by atoms with Crippen LogP contribution >= 0.6 is 0 Å². The first-order valence-corrected chi connectivity index (χ1v) is 5.64. The van der Waals surface area contributed by atoms with Crippen molar-refractivity contribution < 1.29 is 9.72 Å². The number of hydrogen-bond acceptors (Lipinski definition) is 6. The van der Waals surface area contributed by atoms with Crippen LogP contribution in [-0.4, -0.2) is 56.7 Å². The van der Waals surface area contributed by atoms with Crippen molar-refractivity contribution in [1.82, 2.24) is 25.0 Å². The third kappa shape index (κ3) is 2.45. The molecule has 1 N–H and O–H groups in total. The first-order valence-electron chi connectivity index (χ1n) is 5.64. The number of nitrogens with zero attached hydrogens (tertiary/aromatic N) is 5. The van der Waals surface area contributed by atoms with Crippen LogP contribution in [-0.2, 0) is 4.79 Å². The van der Waals surface area contributed by atoms with Crippen LogP contribution in [0.5, 0.6) is 0 Å². The van der Waals surface area contributed by atoms with Crippen molar-refractivity contribution >= 4 is 11.9 Å². The highest BCUT2D eigenvalue weighted by molar-refractivity contribution is 5.80. The molecule has 1 atom stereocenters. The number of rotatable bonds is 3. The summed E-state index contributed by atoms with van der Waals surface area (Å²) in [5.74, 6) is -0.591. The van der Waals surface area contributed by atoms with Gasteiger partial charge in [0, 0.05) is 31.3 Å². The molecular weight excluding hydrogens is 240 g/mol. The largest absolute Gasteiger partial charge is 0.490 e. The lowest BCUT2D eigenvalue weighted by Gasteiger charge is -2.29. The number of carbonyl (C=O) groups excluding carboxylic acids is 1. The molecule has 0 bridgehead atoms. The number of nitrogens with one attached hydrogen (secondary N) is 1. The molecule has 0 aromatic carbocycles. The Balaban J connectivity index is 2.06. The fraction of sp³-hybridized carbons (Fsp3) is 0.667. The summed E-state index contributed by atoms with van der Waals surface area (Å²) in [5, 5.41) is 17.3. The molecule has 0 radical (unpaired) electrons. The van der Waals surface area contributed by atoms with Gasteiger partial charge in [-0.05, 0) is 11.8 Å². The van der Waals surface area contributed by atoms with E-state index in [0.717, 1.165) is 13.1 Å². The molecule has 1 saturated heterocycles. The highest BCUT2D eigenvalue weighted by Gasteiger charge is 2.27. The number of amides is 1. The van der Waals surface area contributed by atoms with Crippen LogP contribution in [0, 0.1) is 10.1 Å². The average molecular weight is 254 g/mol. The standard InChI is InChI=1S/C9H14N6O3/c1-7(8(16)13-4-2-10-3-5-13)14-6-11-9(12-14)15(17)18/h6-7,10H,2-5H2,1H3. The Kier molecular flexibility index (Phi) is 3.51. The fourth-order valence-corrected chi connectivity index (χ4v) is 1.80. The highest BCUT2D eigenvalue weighted by Crippen LogP contribution is 2.11. The van der Waals surface area contributed by atoms with E-state index in [1.165, 1.54) is 11.0 Å². The molecule has 1 aliphatic rings. The van der Waals surface area contributed by atoms with Gasteiger partial charge >= 0.3 is 5.95 Å². The lowest BCUT2D eigenvalue weighted by atomic mass is 10.2. The first kappa shape index (κ1) is 12.4. The molecule has 0 aliphatic carbocycles. The fourth-order valence-electron chi connectivity index (χ4n) is 1.80. The van der Waals surface area contributed by atoms with E-state index in [9.17, 15) is 14.9 Å². The molecular formula is C9H14N6O3. The summed E-state index contributed by atoms with van der Waals surface area (Å²) < 4.78 is 1.22. The summed E-state index contributed by atoms with van der Waals surface area (Å²) >= 11 is 0. The zero-order valence-corrected chi connectivity index (χ0v) is 9.94. The number of piperazine rings is 1. The molecule has 1 fully saturated rings. The van der Waals surface area contributed by atoms with Gasteiger partial charge in [0.15, 0.2) is 0 Å². The van der Waals surface area contributed by atoms with E-state index in [-0.39, 0.29) is 5.91 Å². The summed E-state index contributed by atoms with van der Waals surface area (Å²) in [6, 6.07) is -0.579. The molecule has 2 rings (SSSR count). The Bertz CT molecular complexity index is 453. The Morgan fingerprint density at radius 1 is 1.56 bits per heavy atom.